The summed E-state index contributed by atoms with van der Waals surface area (Å²) in [6.07, 6.45) is 6.31. The zero-order valence-electron chi connectivity index (χ0n) is 20.9. The summed E-state index contributed by atoms with van der Waals surface area (Å²) in [6.45, 7) is 9.08. The Bertz CT molecular complexity index is 677. The molecule has 0 radical (unpaired) electrons. The van der Waals surface area contributed by atoms with E-state index in [0.29, 0.717) is 37.9 Å². The van der Waals surface area contributed by atoms with E-state index in [1.807, 2.05) is 11.8 Å². The van der Waals surface area contributed by atoms with Gasteiger partial charge in [-0.15, -0.1) is 24.8 Å². The second kappa shape index (κ2) is 12.4. The summed E-state index contributed by atoms with van der Waals surface area (Å²) in [6, 6.07) is 0. The monoisotopic (exact) mass is 525 g/mol. The molecule has 5 fully saturated rings. The molecule has 4 heterocycles. The van der Waals surface area contributed by atoms with Crippen LogP contribution in [0.25, 0.3) is 0 Å². The predicted octanol–water partition coefficient (Wildman–Crippen LogP) is 3.39. The van der Waals surface area contributed by atoms with Crippen molar-refractivity contribution >= 4 is 30.7 Å². The smallest absolute Gasteiger partial charge is 0.225 e. The minimum atomic E-state index is -0.790. The van der Waals surface area contributed by atoms with E-state index in [-0.39, 0.29) is 48.7 Å². The fraction of sp³-hybridized carbons (Fsp3) is 0.958. The lowest BCUT2D eigenvalue weighted by atomic mass is 9.57. The summed E-state index contributed by atoms with van der Waals surface area (Å²) in [7, 11) is 0. The first-order valence-corrected chi connectivity index (χ1v) is 12.7. The minimum absolute atomic E-state index is 0. The van der Waals surface area contributed by atoms with Crippen molar-refractivity contribution in [2.24, 2.45) is 35.1 Å². The van der Waals surface area contributed by atoms with Crippen molar-refractivity contribution in [2.75, 3.05) is 26.2 Å². The molecule has 1 spiro atoms. The summed E-state index contributed by atoms with van der Waals surface area (Å²) in [5, 5.41) is 0. The molecular weight excluding hydrogens is 481 g/mol. The van der Waals surface area contributed by atoms with Crippen LogP contribution in [-0.2, 0) is 24.0 Å². The first kappa shape index (κ1) is 30.0. The third-order valence-corrected chi connectivity index (χ3v) is 8.54. The van der Waals surface area contributed by atoms with Gasteiger partial charge in [0.1, 0.15) is 0 Å². The van der Waals surface area contributed by atoms with Crippen molar-refractivity contribution < 1.29 is 24.0 Å². The first-order chi connectivity index (χ1) is 15.3. The number of rotatable bonds is 9. The van der Waals surface area contributed by atoms with Crippen molar-refractivity contribution in [2.45, 2.75) is 95.9 Å². The number of nitrogens with two attached hydrogens (primary N) is 2. The van der Waals surface area contributed by atoms with Crippen LogP contribution in [0.4, 0.5) is 0 Å². The van der Waals surface area contributed by atoms with Gasteiger partial charge in [0.05, 0.1) is 12.5 Å². The van der Waals surface area contributed by atoms with Gasteiger partial charge < -0.3 is 25.8 Å². The number of hydrogen-bond donors (Lipinski definition) is 2. The summed E-state index contributed by atoms with van der Waals surface area (Å²) in [4.78, 5) is 27.3. The van der Waals surface area contributed by atoms with E-state index in [1.54, 1.807) is 0 Å². The Labute approximate surface area is 216 Å². The molecule has 5 aliphatic rings. The molecule has 0 aromatic heterocycles. The summed E-state index contributed by atoms with van der Waals surface area (Å²) in [5.41, 5.74) is 10.8. The molecule has 5 rings (SSSR count). The maximum absolute atomic E-state index is 13.3. The van der Waals surface area contributed by atoms with E-state index in [9.17, 15) is 4.79 Å². The van der Waals surface area contributed by atoms with Gasteiger partial charge in [-0.05, 0) is 76.3 Å². The normalized spacial score (nSPS) is 40.4. The fourth-order valence-electron chi connectivity index (χ4n) is 6.60. The second-order valence-electron chi connectivity index (χ2n) is 10.7. The van der Waals surface area contributed by atoms with Crippen LogP contribution in [0.2, 0.25) is 0 Å². The second-order valence-corrected chi connectivity index (χ2v) is 10.7. The molecule has 0 aromatic rings. The Morgan fingerprint density at radius 3 is 2.38 bits per heavy atom. The maximum Gasteiger partial charge on any atom is 0.225 e. The van der Waals surface area contributed by atoms with E-state index in [1.165, 1.54) is 0 Å². The number of carbonyl (C=O) groups excluding carboxylic acids is 1. The highest BCUT2D eigenvalue weighted by atomic mass is 35.5. The van der Waals surface area contributed by atoms with Crippen LogP contribution in [0.15, 0.2) is 0 Å². The number of unbranched alkanes of at least 4 members (excludes halogenated alkanes) is 1. The summed E-state index contributed by atoms with van der Waals surface area (Å²) < 4.78 is 13.0. The van der Waals surface area contributed by atoms with Crippen molar-refractivity contribution in [3.05, 3.63) is 0 Å². The van der Waals surface area contributed by atoms with Gasteiger partial charge in [0.15, 0.2) is 11.9 Å². The molecule has 1 amide bonds. The SMILES string of the molecule is C[C@H]1[C@@H](CC(=O)N(CCCN)CCCCN)O[C@@H]2O[C@@]3(C)CC[C@H]4[C@H](C)CC[C@@H]1[C@@]24OO3.Cl.Cl. The standard InChI is InChI=1S/C24H43N3O5.2ClH/c1-16-7-8-19-17(2)20(15-21(28)27(14-6-12-26)13-5-4-11-25)29-22-24(19)18(16)9-10-23(3,30-22)31-32-24;;/h16-20,22H,4-15,25-26H2,1-3H3;2*1H/t16-,17-,18+,19+,20-,22-,23-,24-;;/m1../s1. The van der Waals surface area contributed by atoms with Crippen molar-refractivity contribution in [3.8, 4) is 0 Å². The third-order valence-electron chi connectivity index (χ3n) is 8.54. The minimum Gasteiger partial charge on any atom is -0.345 e. The van der Waals surface area contributed by atoms with Gasteiger partial charge in [0.2, 0.25) is 11.7 Å². The molecule has 8 nitrogen and oxygen atoms in total. The highest BCUT2D eigenvalue weighted by Crippen LogP contribution is 2.60. The van der Waals surface area contributed by atoms with Crippen LogP contribution in [0.3, 0.4) is 0 Å². The van der Waals surface area contributed by atoms with Crippen LogP contribution in [-0.4, -0.2) is 60.8 Å². The Morgan fingerprint density at radius 1 is 0.971 bits per heavy atom. The van der Waals surface area contributed by atoms with Gasteiger partial charge in [-0.3, -0.25) is 4.79 Å². The van der Waals surface area contributed by atoms with Crippen LogP contribution >= 0.6 is 24.8 Å². The summed E-state index contributed by atoms with van der Waals surface area (Å²) >= 11 is 0. The fourth-order valence-corrected chi connectivity index (χ4v) is 6.60. The van der Waals surface area contributed by atoms with Crippen molar-refractivity contribution in [1.29, 1.82) is 0 Å². The van der Waals surface area contributed by atoms with E-state index >= 15 is 0 Å². The van der Waals surface area contributed by atoms with Crippen LogP contribution in [0, 0.1) is 23.7 Å². The highest BCUT2D eigenvalue weighted by molar-refractivity contribution is 5.85. The zero-order chi connectivity index (χ0) is 22.9. The number of carbonyl (C=O) groups is 1. The Kier molecular flexibility index (Phi) is 10.9. The molecule has 4 saturated heterocycles. The molecule has 1 saturated carbocycles. The lowest BCUT2D eigenvalue weighted by molar-refractivity contribution is -0.570. The van der Waals surface area contributed by atoms with Crippen LogP contribution < -0.4 is 11.5 Å². The number of fused-ring (bicyclic) bond motifs is 2. The molecule has 200 valence electrons. The maximum atomic E-state index is 13.3. The molecule has 0 unspecified atom stereocenters. The van der Waals surface area contributed by atoms with Gasteiger partial charge in [-0.2, -0.15) is 0 Å². The number of hydrogen-bond acceptors (Lipinski definition) is 7. The first-order valence-electron chi connectivity index (χ1n) is 12.7. The van der Waals surface area contributed by atoms with Gasteiger partial charge in [0.25, 0.3) is 0 Å². The number of halogens is 2. The Hall–Kier alpha value is -0.190. The molecule has 4 aliphatic heterocycles. The van der Waals surface area contributed by atoms with E-state index in [0.717, 1.165) is 51.5 Å². The third kappa shape index (κ3) is 5.54. The van der Waals surface area contributed by atoms with E-state index in [2.05, 4.69) is 13.8 Å². The number of nitrogens with zero attached hydrogens (tertiary/aromatic N) is 1. The van der Waals surface area contributed by atoms with Gasteiger partial charge in [0, 0.05) is 25.4 Å². The zero-order valence-corrected chi connectivity index (χ0v) is 22.5. The molecule has 34 heavy (non-hydrogen) atoms. The van der Waals surface area contributed by atoms with Crippen LogP contribution in [0.5, 0.6) is 0 Å². The molecule has 4 N–H and O–H groups in total. The lowest BCUT2D eigenvalue weighted by Crippen LogP contribution is -2.70. The van der Waals surface area contributed by atoms with Crippen molar-refractivity contribution in [3.63, 3.8) is 0 Å². The molecule has 8 atom stereocenters. The van der Waals surface area contributed by atoms with Crippen LogP contribution in [0.1, 0.15) is 72.1 Å². The average Bonchev–Trinajstić information content (AvgIpc) is 3.00. The summed E-state index contributed by atoms with van der Waals surface area (Å²) in [5.74, 6) is 0.642. The molecule has 1 aliphatic carbocycles. The van der Waals surface area contributed by atoms with E-state index in [4.69, 9.17) is 30.7 Å². The lowest BCUT2D eigenvalue weighted by Gasteiger charge is -2.60. The van der Waals surface area contributed by atoms with Gasteiger partial charge >= 0.3 is 0 Å². The average molecular weight is 527 g/mol. The quantitative estimate of drug-likeness (QED) is 0.350. The Morgan fingerprint density at radius 2 is 1.68 bits per heavy atom. The molecular formula is C24H45Cl2N3O5. The predicted molar refractivity (Wildman–Crippen MR) is 134 cm³/mol. The number of ether oxygens (including phenoxy) is 2. The largest absolute Gasteiger partial charge is 0.345 e. The van der Waals surface area contributed by atoms with Gasteiger partial charge in [-0.1, -0.05) is 13.8 Å². The van der Waals surface area contributed by atoms with E-state index < -0.39 is 17.7 Å². The highest BCUT2D eigenvalue weighted by Gasteiger charge is 2.69. The molecule has 2 bridgehead atoms. The molecule has 0 aromatic carbocycles. The van der Waals surface area contributed by atoms with Gasteiger partial charge in [-0.25, -0.2) is 9.78 Å². The van der Waals surface area contributed by atoms with Crippen molar-refractivity contribution in [1.82, 2.24) is 4.90 Å². The molecule has 10 heteroatoms. The Balaban J connectivity index is 0.00000204. The number of amides is 1. The topological polar surface area (TPSA) is 109 Å².